The van der Waals surface area contributed by atoms with Gasteiger partial charge in [0.2, 0.25) is 5.91 Å². The van der Waals surface area contributed by atoms with E-state index >= 15 is 0 Å². The lowest BCUT2D eigenvalue weighted by atomic mass is 9.84. The Morgan fingerprint density at radius 3 is 2.58 bits per heavy atom. The Labute approximate surface area is 197 Å². The second-order valence-electron chi connectivity index (χ2n) is 10.4. The summed E-state index contributed by atoms with van der Waals surface area (Å²) in [5.74, 6) is 1.16. The molecular formula is C25H40N4O4. The van der Waals surface area contributed by atoms with Gasteiger partial charge in [-0.05, 0) is 90.4 Å². The lowest BCUT2D eigenvalue weighted by Crippen LogP contribution is -2.41. The average Bonchev–Trinajstić information content (AvgIpc) is 3.17. The second kappa shape index (κ2) is 11.7. The quantitative estimate of drug-likeness (QED) is 0.573. The Kier molecular flexibility index (Phi) is 8.95. The lowest BCUT2D eigenvalue weighted by Gasteiger charge is -2.29. The molecule has 2 amide bonds. The van der Waals surface area contributed by atoms with Crippen LogP contribution in [0.3, 0.4) is 0 Å². The molecule has 0 radical (unpaired) electrons. The molecule has 2 N–H and O–H groups in total. The number of carbonyl (C=O) groups is 2. The van der Waals surface area contributed by atoms with E-state index in [0.29, 0.717) is 31.5 Å². The van der Waals surface area contributed by atoms with Gasteiger partial charge in [-0.15, -0.1) is 0 Å². The fraction of sp³-hybridized carbons (Fsp3) is 0.720. The number of ether oxygens (including phenoxy) is 2. The van der Waals surface area contributed by atoms with Crippen LogP contribution in [0.2, 0.25) is 0 Å². The number of nitrogens with zero attached hydrogens (tertiary/aromatic N) is 2. The molecule has 2 fully saturated rings. The topological polar surface area (TPSA) is 92.8 Å². The number of hydrogen-bond donors (Lipinski definition) is 2. The number of alkyl carbamates (subject to hydrolysis) is 1. The molecule has 8 nitrogen and oxygen atoms in total. The molecule has 1 aliphatic heterocycles. The van der Waals surface area contributed by atoms with E-state index in [1.54, 1.807) is 6.20 Å². The molecule has 1 aromatic heterocycles. The highest BCUT2D eigenvalue weighted by Gasteiger charge is 2.26. The number of likely N-dealkylation sites (tertiary alicyclic amines) is 1. The van der Waals surface area contributed by atoms with E-state index in [0.717, 1.165) is 44.4 Å². The van der Waals surface area contributed by atoms with E-state index in [-0.39, 0.29) is 18.0 Å². The molecule has 2 heterocycles. The maximum absolute atomic E-state index is 12.3. The third-order valence-corrected chi connectivity index (χ3v) is 6.37. The third kappa shape index (κ3) is 8.50. The Hall–Kier alpha value is -2.35. The van der Waals surface area contributed by atoms with Crippen LogP contribution in [-0.4, -0.2) is 60.3 Å². The highest BCUT2D eigenvalue weighted by Crippen LogP contribution is 2.31. The molecule has 1 aliphatic carbocycles. The van der Waals surface area contributed by atoms with Crippen molar-refractivity contribution in [2.75, 3.05) is 26.7 Å². The monoisotopic (exact) mass is 460 g/mol. The maximum Gasteiger partial charge on any atom is 0.407 e. The number of carbonyl (C=O) groups excluding carboxylic acids is 2. The van der Waals surface area contributed by atoms with E-state index in [1.165, 1.54) is 12.0 Å². The maximum atomic E-state index is 12.3. The summed E-state index contributed by atoms with van der Waals surface area (Å²) in [7, 11) is 2.14. The highest BCUT2D eigenvalue weighted by atomic mass is 16.6. The molecule has 1 saturated heterocycles. The van der Waals surface area contributed by atoms with Gasteiger partial charge in [-0.1, -0.05) is 0 Å². The van der Waals surface area contributed by atoms with Gasteiger partial charge in [-0.3, -0.25) is 14.7 Å². The molecule has 0 unspecified atom stereocenters. The number of amides is 2. The fourth-order valence-electron chi connectivity index (χ4n) is 4.71. The Bertz CT molecular complexity index is 787. The summed E-state index contributed by atoms with van der Waals surface area (Å²) < 4.78 is 11.1. The van der Waals surface area contributed by atoms with Crippen LogP contribution in [0, 0.1) is 5.92 Å². The molecule has 184 valence electrons. The van der Waals surface area contributed by atoms with Gasteiger partial charge >= 0.3 is 6.09 Å². The first-order valence-corrected chi connectivity index (χ1v) is 12.2. The van der Waals surface area contributed by atoms with Crippen molar-refractivity contribution in [3.05, 3.63) is 24.0 Å². The van der Waals surface area contributed by atoms with E-state index in [4.69, 9.17) is 9.47 Å². The van der Waals surface area contributed by atoms with Gasteiger partial charge in [0.25, 0.3) is 0 Å². The van der Waals surface area contributed by atoms with Crippen LogP contribution in [0.1, 0.15) is 77.3 Å². The molecule has 0 aromatic carbocycles. The SMILES string of the molecule is CN1CCC[C@H]1c1cncc(OCCNC(=O)CC2CCC(NC(=O)OC(C)(C)C)CC2)c1. The normalized spacial score (nSPS) is 23.7. The molecular weight excluding hydrogens is 420 g/mol. The van der Waals surface area contributed by atoms with Crippen molar-refractivity contribution in [2.24, 2.45) is 5.92 Å². The second-order valence-corrected chi connectivity index (χ2v) is 10.4. The molecule has 0 bridgehead atoms. The number of nitrogens with one attached hydrogen (secondary N) is 2. The summed E-state index contributed by atoms with van der Waals surface area (Å²) in [5, 5.41) is 5.91. The van der Waals surface area contributed by atoms with Crippen molar-refractivity contribution in [3.8, 4) is 5.75 Å². The minimum atomic E-state index is -0.491. The summed E-state index contributed by atoms with van der Waals surface area (Å²) in [6, 6.07) is 2.60. The standard InChI is InChI=1S/C25H40N4O4/c1-25(2,3)33-24(31)28-20-9-7-18(8-10-20)14-23(30)27-11-13-32-21-15-19(16-26-17-21)22-6-5-12-29(22)4/h15-18,20,22H,5-14H2,1-4H3,(H,27,30)(H,28,31)/t18?,20?,22-/m0/s1. The van der Waals surface area contributed by atoms with Crippen LogP contribution < -0.4 is 15.4 Å². The summed E-state index contributed by atoms with van der Waals surface area (Å²) >= 11 is 0. The Balaban J connectivity index is 1.30. The molecule has 3 rings (SSSR count). The Morgan fingerprint density at radius 1 is 1.15 bits per heavy atom. The van der Waals surface area contributed by atoms with Crippen molar-refractivity contribution in [1.82, 2.24) is 20.5 Å². The number of aromatic nitrogens is 1. The van der Waals surface area contributed by atoms with Crippen LogP contribution in [0.15, 0.2) is 18.5 Å². The van der Waals surface area contributed by atoms with Crippen LogP contribution in [0.5, 0.6) is 5.75 Å². The lowest BCUT2D eigenvalue weighted by molar-refractivity contribution is -0.122. The van der Waals surface area contributed by atoms with Gasteiger partial charge in [-0.25, -0.2) is 4.79 Å². The van der Waals surface area contributed by atoms with E-state index < -0.39 is 5.60 Å². The van der Waals surface area contributed by atoms with E-state index in [9.17, 15) is 9.59 Å². The largest absolute Gasteiger partial charge is 0.490 e. The Morgan fingerprint density at radius 2 is 1.91 bits per heavy atom. The summed E-state index contributed by atoms with van der Waals surface area (Å²) in [6.45, 7) is 7.58. The fourth-order valence-corrected chi connectivity index (χ4v) is 4.71. The average molecular weight is 461 g/mol. The number of pyridine rings is 1. The minimum Gasteiger partial charge on any atom is -0.490 e. The van der Waals surface area contributed by atoms with Crippen molar-refractivity contribution >= 4 is 12.0 Å². The number of hydrogen-bond acceptors (Lipinski definition) is 6. The van der Waals surface area contributed by atoms with Crippen molar-refractivity contribution in [2.45, 2.75) is 83.4 Å². The molecule has 2 aliphatic rings. The van der Waals surface area contributed by atoms with Crippen LogP contribution in [-0.2, 0) is 9.53 Å². The highest BCUT2D eigenvalue weighted by molar-refractivity contribution is 5.76. The van der Waals surface area contributed by atoms with Gasteiger partial charge in [0.05, 0.1) is 12.7 Å². The zero-order valence-corrected chi connectivity index (χ0v) is 20.6. The van der Waals surface area contributed by atoms with Crippen LogP contribution >= 0.6 is 0 Å². The first-order chi connectivity index (χ1) is 15.7. The first-order valence-electron chi connectivity index (χ1n) is 12.2. The predicted molar refractivity (Wildman–Crippen MR) is 127 cm³/mol. The first kappa shape index (κ1) is 25.3. The van der Waals surface area contributed by atoms with Crippen molar-refractivity contribution < 1.29 is 19.1 Å². The van der Waals surface area contributed by atoms with Crippen LogP contribution in [0.25, 0.3) is 0 Å². The smallest absolute Gasteiger partial charge is 0.407 e. The third-order valence-electron chi connectivity index (χ3n) is 6.37. The molecule has 33 heavy (non-hydrogen) atoms. The summed E-state index contributed by atoms with van der Waals surface area (Å²) in [6.07, 6.45) is 9.76. The van der Waals surface area contributed by atoms with Crippen molar-refractivity contribution in [3.63, 3.8) is 0 Å². The van der Waals surface area contributed by atoms with Gasteiger partial charge in [-0.2, -0.15) is 0 Å². The molecule has 0 spiro atoms. The van der Waals surface area contributed by atoms with Gasteiger partial charge in [0.1, 0.15) is 18.0 Å². The van der Waals surface area contributed by atoms with Gasteiger partial charge < -0.3 is 20.1 Å². The van der Waals surface area contributed by atoms with Gasteiger partial charge in [0, 0.05) is 24.7 Å². The van der Waals surface area contributed by atoms with Crippen molar-refractivity contribution in [1.29, 1.82) is 0 Å². The molecule has 1 atom stereocenters. The van der Waals surface area contributed by atoms with E-state index in [1.807, 2.05) is 27.0 Å². The summed E-state index contributed by atoms with van der Waals surface area (Å²) in [4.78, 5) is 30.9. The summed E-state index contributed by atoms with van der Waals surface area (Å²) in [5.41, 5.74) is 0.697. The molecule has 1 saturated carbocycles. The molecule has 8 heteroatoms. The zero-order chi connectivity index (χ0) is 23.8. The van der Waals surface area contributed by atoms with Gasteiger partial charge in [0.15, 0.2) is 0 Å². The van der Waals surface area contributed by atoms with E-state index in [2.05, 4.69) is 33.6 Å². The number of rotatable bonds is 8. The zero-order valence-electron chi connectivity index (χ0n) is 20.6. The van der Waals surface area contributed by atoms with Crippen LogP contribution in [0.4, 0.5) is 4.79 Å². The minimum absolute atomic E-state index is 0.0570. The molecule has 1 aromatic rings. The predicted octanol–water partition coefficient (Wildman–Crippen LogP) is 3.82.